The monoisotopic (exact) mass is 280 g/mol. The number of halogens is 1. The van der Waals surface area contributed by atoms with Gasteiger partial charge in [0.1, 0.15) is 0 Å². The highest BCUT2D eigenvalue weighted by atomic mass is 79.9. The molecule has 0 aliphatic heterocycles. The van der Waals surface area contributed by atoms with Crippen LogP contribution in [0.15, 0.2) is 12.1 Å². The number of hydrogen-bond donors (Lipinski definition) is 0. The fraction of sp³-hybridized carbons (Fsp3) is 0.600. The molecule has 1 heteroatoms. The largest absolute Gasteiger partial charge is 0.0890 e. The number of benzene rings is 1. The molecule has 0 saturated heterocycles. The molecule has 0 heterocycles. The first-order chi connectivity index (χ1) is 7.66. The van der Waals surface area contributed by atoms with Gasteiger partial charge in [0.15, 0.2) is 0 Å². The van der Waals surface area contributed by atoms with Gasteiger partial charge >= 0.3 is 0 Å². The second-order valence-corrected chi connectivity index (χ2v) is 6.66. The zero-order valence-electron chi connectivity index (χ0n) is 10.4. The van der Waals surface area contributed by atoms with Crippen LogP contribution in [-0.2, 0) is 19.3 Å². The van der Waals surface area contributed by atoms with Crippen molar-refractivity contribution >= 4 is 15.9 Å². The lowest BCUT2D eigenvalue weighted by Crippen LogP contribution is -2.02. The Labute approximate surface area is 108 Å². The molecule has 0 saturated carbocycles. The van der Waals surface area contributed by atoms with Crippen molar-refractivity contribution in [3.63, 3.8) is 0 Å². The Morgan fingerprint density at radius 1 is 1.19 bits per heavy atom. The SMILES string of the molecule is Cc1cc(CC(C)Br)cc2c1CCCCC2. The van der Waals surface area contributed by atoms with Gasteiger partial charge in [0.05, 0.1) is 0 Å². The normalized spacial score (nSPS) is 17.7. The quantitative estimate of drug-likeness (QED) is 0.549. The first kappa shape index (κ1) is 12.2. The number of aryl methyl sites for hydroxylation is 2. The Kier molecular flexibility index (Phi) is 4.07. The van der Waals surface area contributed by atoms with Crippen LogP contribution in [0.3, 0.4) is 0 Å². The van der Waals surface area contributed by atoms with E-state index in [1.807, 2.05) is 0 Å². The van der Waals surface area contributed by atoms with Gasteiger partial charge in [-0.25, -0.2) is 0 Å². The second kappa shape index (κ2) is 5.35. The number of alkyl halides is 1. The lowest BCUT2D eigenvalue weighted by Gasteiger charge is -2.13. The van der Waals surface area contributed by atoms with Gasteiger partial charge in [-0.1, -0.05) is 41.4 Å². The van der Waals surface area contributed by atoms with Crippen LogP contribution in [-0.4, -0.2) is 4.83 Å². The van der Waals surface area contributed by atoms with E-state index in [4.69, 9.17) is 0 Å². The Bertz CT molecular complexity index is 366. The van der Waals surface area contributed by atoms with E-state index < -0.39 is 0 Å². The molecular weight excluding hydrogens is 260 g/mol. The molecule has 0 amide bonds. The average Bonchev–Trinajstić information content (AvgIpc) is 2.41. The zero-order valence-corrected chi connectivity index (χ0v) is 11.9. The van der Waals surface area contributed by atoms with E-state index in [1.165, 1.54) is 43.2 Å². The Hall–Kier alpha value is -0.300. The van der Waals surface area contributed by atoms with Gasteiger partial charge in [-0.05, 0) is 61.3 Å². The lowest BCUT2D eigenvalue weighted by molar-refractivity contribution is 0.711. The molecule has 1 aliphatic carbocycles. The van der Waals surface area contributed by atoms with Crippen molar-refractivity contribution in [1.82, 2.24) is 0 Å². The number of fused-ring (bicyclic) bond motifs is 1. The zero-order chi connectivity index (χ0) is 11.5. The van der Waals surface area contributed by atoms with Crippen molar-refractivity contribution in [2.75, 3.05) is 0 Å². The van der Waals surface area contributed by atoms with Gasteiger partial charge in [0.2, 0.25) is 0 Å². The van der Waals surface area contributed by atoms with Crippen LogP contribution in [0.1, 0.15) is 48.4 Å². The highest BCUT2D eigenvalue weighted by Crippen LogP contribution is 2.26. The minimum atomic E-state index is 0.579. The number of hydrogen-bond acceptors (Lipinski definition) is 0. The molecule has 1 aromatic carbocycles. The summed E-state index contributed by atoms with van der Waals surface area (Å²) in [7, 11) is 0. The molecule has 0 bridgehead atoms. The van der Waals surface area contributed by atoms with Crippen molar-refractivity contribution < 1.29 is 0 Å². The van der Waals surface area contributed by atoms with Crippen LogP contribution in [0, 0.1) is 6.92 Å². The van der Waals surface area contributed by atoms with Gasteiger partial charge in [-0.2, -0.15) is 0 Å². The second-order valence-electron chi connectivity index (χ2n) is 5.10. The third kappa shape index (κ3) is 2.88. The van der Waals surface area contributed by atoms with Crippen molar-refractivity contribution in [3.05, 3.63) is 34.4 Å². The van der Waals surface area contributed by atoms with Crippen molar-refractivity contribution in [3.8, 4) is 0 Å². The molecule has 0 fully saturated rings. The van der Waals surface area contributed by atoms with Crippen LogP contribution < -0.4 is 0 Å². The highest BCUT2D eigenvalue weighted by Gasteiger charge is 2.12. The topological polar surface area (TPSA) is 0 Å². The molecule has 2 rings (SSSR count). The standard InChI is InChI=1S/C15H21Br/c1-11-8-13(9-12(2)16)10-14-6-4-3-5-7-15(11)14/h8,10,12H,3-7,9H2,1-2H3. The summed E-state index contributed by atoms with van der Waals surface area (Å²) < 4.78 is 0. The van der Waals surface area contributed by atoms with E-state index in [0.29, 0.717) is 4.83 Å². The molecular formula is C15H21Br. The van der Waals surface area contributed by atoms with Crippen LogP contribution in [0.4, 0.5) is 0 Å². The van der Waals surface area contributed by atoms with Crippen LogP contribution in [0.2, 0.25) is 0 Å². The summed E-state index contributed by atoms with van der Waals surface area (Å²) in [5.74, 6) is 0. The predicted octanol–water partition coefficient (Wildman–Crippen LogP) is 4.59. The van der Waals surface area contributed by atoms with E-state index >= 15 is 0 Å². The Morgan fingerprint density at radius 3 is 2.69 bits per heavy atom. The summed E-state index contributed by atoms with van der Waals surface area (Å²) in [5, 5.41) is 0. The van der Waals surface area contributed by atoms with Gasteiger partial charge < -0.3 is 0 Å². The average molecular weight is 281 g/mol. The predicted molar refractivity (Wildman–Crippen MR) is 74.5 cm³/mol. The minimum Gasteiger partial charge on any atom is -0.0890 e. The first-order valence-corrected chi connectivity index (χ1v) is 7.33. The van der Waals surface area contributed by atoms with E-state index in [1.54, 1.807) is 11.1 Å². The molecule has 0 aromatic heterocycles. The third-order valence-corrected chi connectivity index (χ3v) is 3.84. The van der Waals surface area contributed by atoms with Gasteiger partial charge in [0.25, 0.3) is 0 Å². The molecule has 1 aromatic rings. The van der Waals surface area contributed by atoms with E-state index in [9.17, 15) is 0 Å². The molecule has 0 spiro atoms. The molecule has 1 aliphatic rings. The molecule has 16 heavy (non-hydrogen) atoms. The Morgan fingerprint density at radius 2 is 1.94 bits per heavy atom. The summed E-state index contributed by atoms with van der Waals surface area (Å²) in [4.78, 5) is 0.579. The molecule has 1 unspecified atom stereocenters. The molecule has 0 nitrogen and oxygen atoms in total. The first-order valence-electron chi connectivity index (χ1n) is 6.42. The highest BCUT2D eigenvalue weighted by molar-refractivity contribution is 9.09. The summed E-state index contributed by atoms with van der Waals surface area (Å²) >= 11 is 3.65. The molecule has 88 valence electrons. The number of rotatable bonds is 2. The van der Waals surface area contributed by atoms with Crippen LogP contribution in [0.25, 0.3) is 0 Å². The van der Waals surface area contributed by atoms with E-state index in [0.717, 1.165) is 6.42 Å². The molecule has 0 radical (unpaired) electrons. The fourth-order valence-electron chi connectivity index (χ4n) is 2.79. The maximum absolute atomic E-state index is 3.65. The third-order valence-electron chi connectivity index (χ3n) is 3.52. The lowest BCUT2D eigenvalue weighted by atomic mass is 9.94. The van der Waals surface area contributed by atoms with E-state index in [2.05, 4.69) is 41.9 Å². The fourth-order valence-corrected chi connectivity index (χ4v) is 3.16. The van der Waals surface area contributed by atoms with Crippen molar-refractivity contribution in [1.29, 1.82) is 0 Å². The van der Waals surface area contributed by atoms with Crippen molar-refractivity contribution in [2.45, 2.75) is 57.2 Å². The molecule has 1 atom stereocenters. The van der Waals surface area contributed by atoms with Gasteiger partial charge in [-0.15, -0.1) is 0 Å². The smallest absolute Gasteiger partial charge is 0.0157 e. The van der Waals surface area contributed by atoms with Gasteiger partial charge in [0, 0.05) is 4.83 Å². The Balaban J connectivity index is 2.32. The maximum Gasteiger partial charge on any atom is 0.0157 e. The van der Waals surface area contributed by atoms with Crippen molar-refractivity contribution in [2.24, 2.45) is 0 Å². The summed E-state index contributed by atoms with van der Waals surface area (Å²) in [6.45, 7) is 4.51. The maximum atomic E-state index is 3.65. The van der Waals surface area contributed by atoms with Gasteiger partial charge in [-0.3, -0.25) is 0 Å². The minimum absolute atomic E-state index is 0.579. The summed E-state index contributed by atoms with van der Waals surface area (Å²) in [6.07, 6.45) is 7.89. The summed E-state index contributed by atoms with van der Waals surface area (Å²) in [5.41, 5.74) is 6.29. The van der Waals surface area contributed by atoms with E-state index in [-0.39, 0.29) is 0 Å². The van der Waals surface area contributed by atoms with Crippen LogP contribution in [0.5, 0.6) is 0 Å². The molecule has 0 N–H and O–H groups in total. The van der Waals surface area contributed by atoms with Crippen LogP contribution >= 0.6 is 15.9 Å². The summed E-state index contributed by atoms with van der Waals surface area (Å²) in [6, 6.07) is 4.84.